The molecule has 2 aromatic heterocycles. The molecule has 20 heavy (non-hydrogen) atoms. The van der Waals surface area contributed by atoms with Gasteiger partial charge in [-0.3, -0.25) is 4.68 Å². The van der Waals surface area contributed by atoms with Crippen molar-refractivity contribution in [3.05, 3.63) is 41.5 Å². The number of nitrogens with one attached hydrogen (secondary N) is 1. The molecule has 0 saturated heterocycles. The van der Waals surface area contributed by atoms with E-state index in [1.165, 1.54) is 11.3 Å². The van der Waals surface area contributed by atoms with Crippen molar-refractivity contribution in [1.82, 2.24) is 19.7 Å². The van der Waals surface area contributed by atoms with Gasteiger partial charge in [0.1, 0.15) is 0 Å². The van der Waals surface area contributed by atoms with Gasteiger partial charge in [0.25, 0.3) is 0 Å². The standard InChI is InChI=1S/C16H26N4/c1-6-14-9-15(19(5)18-14)12-20-8-7-13(11-20)10-17-16(2,3)4/h7-9,11,17H,6,10,12H2,1-5H3. The van der Waals surface area contributed by atoms with Crippen LogP contribution in [0.25, 0.3) is 0 Å². The van der Waals surface area contributed by atoms with Crippen molar-refractivity contribution in [3.8, 4) is 0 Å². The first-order valence-electron chi connectivity index (χ1n) is 7.29. The molecule has 2 aromatic rings. The molecule has 4 nitrogen and oxygen atoms in total. The van der Waals surface area contributed by atoms with Crippen molar-refractivity contribution < 1.29 is 0 Å². The Hall–Kier alpha value is -1.55. The van der Waals surface area contributed by atoms with Crippen molar-refractivity contribution in [1.29, 1.82) is 0 Å². The highest BCUT2D eigenvalue weighted by atomic mass is 15.3. The molecule has 0 aliphatic heterocycles. The van der Waals surface area contributed by atoms with Crippen LogP contribution in [0.3, 0.4) is 0 Å². The monoisotopic (exact) mass is 274 g/mol. The smallest absolute Gasteiger partial charge is 0.0639 e. The molecule has 0 aliphatic carbocycles. The van der Waals surface area contributed by atoms with Crippen LogP contribution in [0.15, 0.2) is 24.5 Å². The minimum Gasteiger partial charge on any atom is -0.348 e. The molecule has 0 amide bonds. The third-order valence-corrected chi connectivity index (χ3v) is 3.37. The molecule has 1 N–H and O–H groups in total. The van der Waals surface area contributed by atoms with Crippen molar-refractivity contribution >= 4 is 0 Å². The van der Waals surface area contributed by atoms with Gasteiger partial charge in [0.15, 0.2) is 0 Å². The Morgan fingerprint density at radius 2 is 2.05 bits per heavy atom. The van der Waals surface area contributed by atoms with Crippen LogP contribution < -0.4 is 5.32 Å². The fourth-order valence-corrected chi connectivity index (χ4v) is 2.14. The average Bonchev–Trinajstić information content (AvgIpc) is 2.94. The van der Waals surface area contributed by atoms with E-state index in [0.717, 1.165) is 25.2 Å². The first-order chi connectivity index (χ1) is 9.37. The average molecular weight is 274 g/mol. The molecular formula is C16H26N4. The fraction of sp³-hybridized carbons (Fsp3) is 0.562. The Labute approximate surface area is 121 Å². The van der Waals surface area contributed by atoms with Gasteiger partial charge >= 0.3 is 0 Å². The van der Waals surface area contributed by atoms with E-state index < -0.39 is 0 Å². The highest BCUT2D eigenvalue weighted by Crippen LogP contribution is 2.09. The van der Waals surface area contributed by atoms with Crippen molar-refractivity contribution in [2.24, 2.45) is 7.05 Å². The van der Waals surface area contributed by atoms with E-state index in [-0.39, 0.29) is 5.54 Å². The van der Waals surface area contributed by atoms with Crippen LogP contribution in [0.4, 0.5) is 0 Å². The summed E-state index contributed by atoms with van der Waals surface area (Å²) in [7, 11) is 2.01. The molecule has 0 aliphatic rings. The summed E-state index contributed by atoms with van der Waals surface area (Å²) in [6.07, 6.45) is 5.33. The lowest BCUT2D eigenvalue weighted by molar-refractivity contribution is 0.424. The Kier molecular flexibility index (Phi) is 4.33. The Morgan fingerprint density at radius 1 is 1.30 bits per heavy atom. The maximum Gasteiger partial charge on any atom is 0.0639 e. The second-order valence-electron chi connectivity index (χ2n) is 6.40. The molecule has 2 rings (SSSR count). The molecular weight excluding hydrogens is 248 g/mol. The lowest BCUT2D eigenvalue weighted by Gasteiger charge is -2.19. The van der Waals surface area contributed by atoms with Gasteiger partial charge < -0.3 is 9.88 Å². The topological polar surface area (TPSA) is 34.8 Å². The van der Waals surface area contributed by atoms with E-state index in [4.69, 9.17) is 0 Å². The summed E-state index contributed by atoms with van der Waals surface area (Å²) in [6.45, 7) is 10.5. The first-order valence-corrected chi connectivity index (χ1v) is 7.29. The van der Waals surface area contributed by atoms with Crippen molar-refractivity contribution in [2.75, 3.05) is 0 Å². The second kappa shape index (κ2) is 5.83. The lowest BCUT2D eigenvalue weighted by atomic mass is 10.1. The quantitative estimate of drug-likeness (QED) is 0.910. The Bertz CT molecular complexity index is 557. The van der Waals surface area contributed by atoms with Crippen LogP contribution in [-0.4, -0.2) is 19.9 Å². The zero-order chi connectivity index (χ0) is 14.8. The summed E-state index contributed by atoms with van der Waals surface area (Å²) in [5.41, 5.74) is 3.87. The first kappa shape index (κ1) is 14.9. The molecule has 110 valence electrons. The van der Waals surface area contributed by atoms with E-state index in [2.05, 4.69) is 67.2 Å². The number of nitrogens with zero attached hydrogens (tertiary/aromatic N) is 3. The summed E-state index contributed by atoms with van der Waals surface area (Å²) < 4.78 is 4.20. The van der Waals surface area contributed by atoms with Crippen molar-refractivity contribution in [3.63, 3.8) is 0 Å². The molecule has 4 heteroatoms. The third-order valence-electron chi connectivity index (χ3n) is 3.37. The minimum absolute atomic E-state index is 0.153. The zero-order valence-corrected chi connectivity index (χ0v) is 13.3. The van der Waals surface area contributed by atoms with E-state index in [1.54, 1.807) is 0 Å². The van der Waals surface area contributed by atoms with Crippen LogP contribution in [0.5, 0.6) is 0 Å². The van der Waals surface area contributed by atoms with Gasteiger partial charge in [0.2, 0.25) is 0 Å². The number of aryl methyl sites for hydroxylation is 2. The summed E-state index contributed by atoms with van der Waals surface area (Å²) in [6, 6.07) is 4.36. The summed E-state index contributed by atoms with van der Waals surface area (Å²) in [5.74, 6) is 0. The maximum absolute atomic E-state index is 4.49. The zero-order valence-electron chi connectivity index (χ0n) is 13.3. The largest absolute Gasteiger partial charge is 0.348 e. The predicted molar refractivity (Wildman–Crippen MR) is 82.7 cm³/mol. The van der Waals surface area contributed by atoms with E-state index in [9.17, 15) is 0 Å². The Balaban J connectivity index is 2.00. The fourth-order valence-electron chi connectivity index (χ4n) is 2.14. The number of hydrogen-bond acceptors (Lipinski definition) is 2. The van der Waals surface area contributed by atoms with Crippen LogP contribution in [0.1, 0.15) is 44.6 Å². The predicted octanol–water partition coefficient (Wildman–Crippen LogP) is 2.72. The van der Waals surface area contributed by atoms with Crippen LogP contribution in [0.2, 0.25) is 0 Å². The molecule has 0 atom stereocenters. The third kappa shape index (κ3) is 3.97. The van der Waals surface area contributed by atoms with E-state index in [0.29, 0.717) is 0 Å². The number of aromatic nitrogens is 3. The lowest BCUT2D eigenvalue weighted by Crippen LogP contribution is -2.34. The van der Waals surface area contributed by atoms with Gasteiger partial charge in [-0.15, -0.1) is 0 Å². The molecule has 2 heterocycles. The van der Waals surface area contributed by atoms with E-state index in [1.807, 2.05) is 11.7 Å². The molecule has 0 fully saturated rings. The van der Waals surface area contributed by atoms with Crippen LogP contribution in [0, 0.1) is 0 Å². The molecule has 0 saturated carbocycles. The van der Waals surface area contributed by atoms with Crippen molar-refractivity contribution in [2.45, 2.75) is 52.7 Å². The number of hydrogen-bond donors (Lipinski definition) is 1. The highest BCUT2D eigenvalue weighted by molar-refractivity contribution is 5.15. The van der Waals surface area contributed by atoms with Gasteiger partial charge in [0, 0.05) is 31.5 Å². The number of rotatable bonds is 5. The highest BCUT2D eigenvalue weighted by Gasteiger charge is 2.09. The van der Waals surface area contributed by atoms with Crippen LogP contribution >= 0.6 is 0 Å². The van der Waals surface area contributed by atoms with Gasteiger partial charge in [-0.25, -0.2) is 0 Å². The summed E-state index contributed by atoms with van der Waals surface area (Å²) in [5, 5.41) is 8.00. The van der Waals surface area contributed by atoms with Gasteiger partial charge in [-0.1, -0.05) is 6.92 Å². The molecule has 0 aromatic carbocycles. The van der Waals surface area contributed by atoms with E-state index >= 15 is 0 Å². The SMILES string of the molecule is CCc1cc(Cn2ccc(CNC(C)(C)C)c2)n(C)n1. The summed E-state index contributed by atoms with van der Waals surface area (Å²) in [4.78, 5) is 0. The van der Waals surface area contributed by atoms with Crippen LogP contribution in [-0.2, 0) is 26.6 Å². The van der Waals surface area contributed by atoms with Gasteiger partial charge in [-0.05, 0) is 44.9 Å². The Morgan fingerprint density at radius 3 is 2.65 bits per heavy atom. The molecule has 0 bridgehead atoms. The molecule has 0 spiro atoms. The molecule has 0 radical (unpaired) electrons. The maximum atomic E-state index is 4.49. The van der Waals surface area contributed by atoms with Gasteiger partial charge in [-0.2, -0.15) is 5.10 Å². The molecule has 0 unspecified atom stereocenters. The minimum atomic E-state index is 0.153. The normalized spacial score (nSPS) is 12.1. The van der Waals surface area contributed by atoms with Gasteiger partial charge in [0.05, 0.1) is 17.9 Å². The summed E-state index contributed by atoms with van der Waals surface area (Å²) >= 11 is 0. The second-order valence-corrected chi connectivity index (χ2v) is 6.40.